The van der Waals surface area contributed by atoms with E-state index in [0.29, 0.717) is 24.2 Å². The van der Waals surface area contributed by atoms with E-state index in [2.05, 4.69) is 12.1 Å². The van der Waals surface area contributed by atoms with Crippen LogP contribution in [0.1, 0.15) is 40.7 Å². The Morgan fingerprint density at radius 1 is 1.19 bits per heavy atom. The van der Waals surface area contributed by atoms with E-state index in [1.165, 1.54) is 11.6 Å². The fraction of sp³-hybridized carbons (Fsp3) is 0.409. The smallest absolute Gasteiger partial charge is 0.253 e. The van der Waals surface area contributed by atoms with Crippen LogP contribution in [0.15, 0.2) is 48.5 Å². The highest BCUT2D eigenvalue weighted by atomic mass is 19.1. The molecule has 1 atom stereocenters. The van der Waals surface area contributed by atoms with Crippen molar-refractivity contribution in [2.75, 3.05) is 13.1 Å². The second-order valence-corrected chi connectivity index (χ2v) is 7.19. The zero-order chi connectivity index (χ0) is 18.5. The lowest BCUT2D eigenvalue weighted by Gasteiger charge is -2.34. The van der Waals surface area contributed by atoms with E-state index in [4.69, 9.17) is 0 Å². The van der Waals surface area contributed by atoms with Crippen LogP contribution < -0.4 is 0 Å². The molecular formula is C22H26FNO2. The van der Waals surface area contributed by atoms with Crippen molar-refractivity contribution in [1.29, 1.82) is 0 Å². The summed E-state index contributed by atoms with van der Waals surface area (Å²) in [4.78, 5) is 14.3. The average Bonchev–Trinajstić information content (AvgIpc) is 2.68. The molecule has 2 aromatic carbocycles. The molecule has 1 N–H and O–H groups in total. The van der Waals surface area contributed by atoms with Gasteiger partial charge in [0.1, 0.15) is 5.82 Å². The third kappa shape index (κ3) is 4.50. The number of carbonyl (C=O) groups excluding carboxylic acids is 1. The summed E-state index contributed by atoms with van der Waals surface area (Å²) >= 11 is 0. The molecule has 0 spiro atoms. The van der Waals surface area contributed by atoms with Gasteiger partial charge in [-0.1, -0.05) is 36.4 Å². The van der Waals surface area contributed by atoms with Crippen LogP contribution >= 0.6 is 0 Å². The van der Waals surface area contributed by atoms with Crippen LogP contribution in [0, 0.1) is 18.7 Å². The fourth-order valence-corrected chi connectivity index (χ4v) is 3.59. The van der Waals surface area contributed by atoms with Crippen molar-refractivity contribution in [1.82, 2.24) is 4.90 Å². The number of hydrogen-bond donors (Lipinski definition) is 1. The molecule has 0 bridgehead atoms. The summed E-state index contributed by atoms with van der Waals surface area (Å²) in [6.45, 7) is 2.91. The molecule has 1 fully saturated rings. The second-order valence-electron chi connectivity index (χ2n) is 7.19. The van der Waals surface area contributed by atoms with Crippen molar-refractivity contribution in [2.45, 2.75) is 38.7 Å². The third-order valence-electron chi connectivity index (χ3n) is 5.36. The van der Waals surface area contributed by atoms with Crippen LogP contribution in [0.3, 0.4) is 0 Å². The predicted molar refractivity (Wildman–Crippen MR) is 101 cm³/mol. The van der Waals surface area contributed by atoms with Gasteiger partial charge in [-0.15, -0.1) is 0 Å². The van der Waals surface area contributed by atoms with Gasteiger partial charge in [0, 0.05) is 18.7 Å². The molecule has 1 saturated heterocycles. The number of piperidine rings is 1. The van der Waals surface area contributed by atoms with Crippen molar-refractivity contribution in [3.05, 3.63) is 71.0 Å². The highest BCUT2D eigenvalue weighted by Gasteiger charge is 2.28. The van der Waals surface area contributed by atoms with Crippen molar-refractivity contribution >= 4 is 5.91 Å². The van der Waals surface area contributed by atoms with E-state index in [9.17, 15) is 14.3 Å². The number of amides is 1. The van der Waals surface area contributed by atoms with E-state index in [1.807, 2.05) is 18.2 Å². The monoisotopic (exact) mass is 355 g/mol. The Morgan fingerprint density at radius 3 is 2.54 bits per heavy atom. The molecule has 1 heterocycles. The molecule has 138 valence electrons. The SMILES string of the molecule is Cc1ccc(C(=O)N2CCC([C@H](O)CCc3ccccc3)CC2)cc1F. The van der Waals surface area contributed by atoms with Crippen molar-refractivity contribution in [3.63, 3.8) is 0 Å². The van der Waals surface area contributed by atoms with Gasteiger partial charge in [0.05, 0.1) is 6.10 Å². The van der Waals surface area contributed by atoms with Gasteiger partial charge in [0.2, 0.25) is 0 Å². The number of halogens is 1. The summed E-state index contributed by atoms with van der Waals surface area (Å²) in [5.41, 5.74) is 2.18. The first kappa shape index (κ1) is 18.6. The number of aliphatic hydroxyl groups is 1. The van der Waals surface area contributed by atoms with Crippen LogP contribution in [0.2, 0.25) is 0 Å². The van der Waals surface area contributed by atoms with Gasteiger partial charge in [-0.25, -0.2) is 4.39 Å². The molecule has 3 nitrogen and oxygen atoms in total. The first-order valence-electron chi connectivity index (χ1n) is 9.32. The van der Waals surface area contributed by atoms with E-state index < -0.39 is 0 Å². The maximum atomic E-state index is 13.7. The van der Waals surface area contributed by atoms with E-state index >= 15 is 0 Å². The molecule has 3 rings (SSSR count). The topological polar surface area (TPSA) is 40.5 Å². The van der Waals surface area contributed by atoms with Crippen LogP contribution in [0.5, 0.6) is 0 Å². The molecule has 26 heavy (non-hydrogen) atoms. The Hall–Kier alpha value is -2.20. The predicted octanol–water partition coefficient (Wildman–Crippen LogP) is 3.98. The number of nitrogens with zero attached hydrogens (tertiary/aromatic N) is 1. The van der Waals surface area contributed by atoms with Gasteiger partial charge in [-0.3, -0.25) is 4.79 Å². The Balaban J connectivity index is 1.50. The summed E-state index contributed by atoms with van der Waals surface area (Å²) in [7, 11) is 0. The maximum absolute atomic E-state index is 13.7. The Kier molecular flexibility index (Phi) is 6.04. The molecule has 0 unspecified atom stereocenters. The summed E-state index contributed by atoms with van der Waals surface area (Å²) in [5, 5.41) is 10.5. The highest BCUT2D eigenvalue weighted by Crippen LogP contribution is 2.25. The molecule has 4 heteroatoms. The summed E-state index contributed by atoms with van der Waals surface area (Å²) in [6.07, 6.45) is 2.84. The summed E-state index contributed by atoms with van der Waals surface area (Å²) in [5.74, 6) is -0.249. The first-order valence-corrected chi connectivity index (χ1v) is 9.32. The van der Waals surface area contributed by atoms with E-state index in [-0.39, 0.29) is 23.7 Å². The molecule has 1 aliphatic heterocycles. The quantitative estimate of drug-likeness (QED) is 0.881. The van der Waals surface area contributed by atoms with Crippen molar-refractivity contribution in [3.8, 4) is 0 Å². The van der Waals surface area contributed by atoms with Crippen LogP contribution in [-0.4, -0.2) is 35.1 Å². The average molecular weight is 355 g/mol. The Labute approximate surface area is 154 Å². The molecule has 0 aliphatic carbocycles. The summed E-state index contributed by atoms with van der Waals surface area (Å²) < 4.78 is 13.7. The number of benzene rings is 2. The van der Waals surface area contributed by atoms with E-state index in [0.717, 1.165) is 25.7 Å². The first-order chi connectivity index (χ1) is 12.5. The summed E-state index contributed by atoms with van der Waals surface area (Å²) in [6, 6.07) is 14.8. The minimum atomic E-state index is -0.345. The van der Waals surface area contributed by atoms with Gasteiger partial charge < -0.3 is 10.0 Å². The normalized spacial score (nSPS) is 16.5. The lowest BCUT2D eigenvalue weighted by atomic mass is 9.88. The molecule has 1 amide bonds. The lowest BCUT2D eigenvalue weighted by molar-refractivity contribution is 0.0436. The maximum Gasteiger partial charge on any atom is 0.253 e. The number of aliphatic hydroxyl groups excluding tert-OH is 1. The Morgan fingerprint density at radius 2 is 1.88 bits per heavy atom. The standard InChI is InChI=1S/C22H26FNO2/c1-16-7-9-19(15-20(16)23)22(26)24-13-11-18(12-14-24)21(25)10-8-17-5-3-2-4-6-17/h2-7,9,15,18,21,25H,8,10-14H2,1H3/t21-/m1/s1. The van der Waals surface area contributed by atoms with E-state index in [1.54, 1.807) is 24.0 Å². The van der Waals surface area contributed by atoms with Gasteiger partial charge in [0.15, 0.2) is 0 Å². The van der Waals surface area contributed by atoms with Gasteiger partial charge in [-0.05, 0) is 61.8 Å². The molecule has 0 saturated carbocycles. The molecule has 0 aromatic heterocycles. The van der Waals surface area contributed by atoms with Crippen LogP contribution in [0.4, 0.5) is 4.39 Å². The van der Waals surface area contributed by atoms with Crippen molar-refractivity contribution in [2.24, 2.45) is 5.92 Å². The second kappa shape index (κ2) is 8.45. The number of hydrogen-bond acceptors (Lipinski definition) is 2. The molecular weight excluding hydrogens is 329 g/mol. The number of carbonyl (C=O) groups is 1. The number of aryl methyl sites for hydroxylation is 2. The van der Waals surface area contributed by atoms with Crippen LogP contribution in [-0.2, 0) is 6.42 Å². The number of likely N-dealkylation sites (tertiary alicyclic amines) is 1. The highest BCUT2D eigenvalue weighted by molar-refractivity contribution is 5.94. The zero-order valence-electron chi connectivity index (χ0n) is 15.2. The zero-order valence-corrected chi connectivity index (χ0v) is 15.2. The van der Waals surface area contributed by atoms with Gasteiger partial charge in [0.25, 0.3) is 5.91 Å². The minimum Gasteiger partial charge on any atom is -0.393 e. The third-order valence-corrected chi connectivity index (χ3v) is 5.36. The minimum absolute atomic E-state index is 0.124. The fourth-order valence-electron chi connectivity index (χ4n) is 3.59. The molecule has 1 aliphatic rings. The van der Waals surface area contributed by atoms with Crippen molar-refractivity contribution < 1.29 is 14.3 Å². The van der Waals surface area contributed by atoms with Gasteiger partial charge in [-0.2, -0.15) is 0 Å². The Bertz CT molecular complexity index is 739. The largest absolute Gasteiger partial charge is 0.393 e. The molecule has 0 radical (unpaired) electrons. The lowest BCUT2D eigenvalue weighted by Crippen LogP contribution is -2.41. The molecule has 2 aromatic rings. The van der Waals surface area contributed by atoms with Crippen LogP contribution in [0.25, 0.3) is 0 Å². The number of rotatable bonds is 5. The van der Waals surface area contributed by atoms with Gasteiger partial charge >= 0.3 is 0 Å².